The van der Waals surface area contributed by atoms with Crippen molar-refractivity contribution in [2.45, 2.75) is 38.9 Å². The highest BCUT2D eigenvalue weighted by molar-refractivity contribution is 6.17. The molecule has 0 atom stereocenters. The Balaban J connectivity index is 1.85. The Bertz CT molecular complexity index is 1210. The molecule has 0 N–H and O–H groups in total. The Morgan fingerprint density at radius 3 is 1.85 bits per heavy atom. The van der Waals surface area contributed by atoms with Gasteiger partial charge in [0.15, 0.2) is 11.5 Å². The lowest BCUT2D eigenvalue weighted by Gasteiger charge is -2.24. The molecular formula is C30H28ClFO2. The van der Waals surface area contributed by atoms with Crippen molar-refractivity contribution in [3.63, 3.8) is 0 Å². The van der Waals surface area contributed by atoms with Gasteiger partial charge in [0.25, 0.3) is 0 Å². The Morgan fingerprint density at radius 2 is 1.32 bits per heavy atom. The van der Waals surface area contributed by atoms with Crippen molar-refractivity contribution < 1.29 is 13.9 Å². The molecule has 174 valence electrons. The third-order valence-electron chi connectivity index (χ3n) is 5.74. The first kappa shape index (κ1) is 23.8. The summed E-state index contributed by atoms with van der Waals surface area (Å²) in [7, 11) is 0. The van der Waals surface area contributed by atoms with Gasteiger partial charge in [-0.15, -0.1) is 11.6 Å². The summed E-state index contributed by atoms with van der Waals surface area (Å²) in [5.74, 6) is 1.50. The molecule has 0 saturated heterocycles. The summed E-state index contributed by atoms with van der Waals surface area (Å²) in [5, 5.41) is 0. The zero-order valence-electron chi connectivity index (χ0n) is 19.4. The van der Waals surface area contributed by atoms with Gasteiger partial charge in [-0.2, -0.15) is 0 Å². The predicted octanol–water partition coefficient (Wildman–Crippen LogP) is 8.51. The first-order valence-corrected chi connectivity index (χ1v) is 12.0. The predicted molar refractivity (Wildman–Crippen MR) is 137 cm³/mol. The number of hydrogen-bond donors (Lipinski definition) is 0. The fourth-order valence-corrected chi connectivity index (χ4v) is 4.28. The van der Waals surface area contributed by atoms with Gasteiger partial charge >= 0.3 is 0 Å². The van der Waals surface area contributed by atoms with E-state index in [2.05, 4.69) is 13.8 Å². The van der Waals surface area contributed by atoms with Crippen LogP contribution in [0.3, 0.4) is 0 Å². The molecule has 0 bridgehead atoms. The van der Waals surface area contributed by atoms with Crippen LogP contribution in [-0.4, -0.2) is 0 Å². The standard InChI is InChI=1S/C30H28ClFO2/c1-21(2)26-17-28(33-19-22-9-5-3-6-10-22)30(34-20-23-11-7-4-8-12-23)29(27(26)18-31)24-13-15-25(32)16-14-24/h3-17,21H,18-20H2,1-2H3. The second kappa shape index (κ2) is 11.2. The van der Waals surface area contributed by atoms with Gasteiger partial charge in [-0.25, -0.2) is 4.39 Å². The normalized spacial score (nSPS) is 11.0. The largest absolute Gasteiger partial charge is 0.485 e. The Kier molecular flexibility index (Phi) is 7.87. The smallest absolute Gasteiger partial charge is 0.169 e. The summed E-state index contributed by atoms with van der Waals surface area (Å²) in [5.41, 5.74) is 5.85. The molecule has 4 aromatic rings. The van der Waals surface area contributed by atoms with Crippen LogP contribution in [0.15, 0.2) is 91.0 Å². The highest BCUT2D eigenvalue weighted by Crippen LogP contribution is 2.46. The minimum atomic E-state index is -0.288. The maximum Gasteiger partial charge on any atom is 0.169 e. The zero-order chi connectivity index (χ0) is 23.9. The molecule has 0 heterocycles. The highest BCUT2D eigenvalue weighted by Gasteiger charge is 2.23. The van der Waals surface area contributed by atoms with Crippen LogP contribution in [0, 0.1) is 5.82 Å². The molecule has 0 aliphatic rings. The number of hydrogen-bond acceptors (Lipinski definition) is 2. The van der Waals surface area contributed by atoms with E-state index in [4.69, 9.17) is 21.1 Å². The Labute approximate surface area is 205 Å². The Morgan fingerprint density at radius 1 is 0.765 bits per heavy atom. The first-order chi connectivity index (χ1) is 16.6. The van der Waals surface area contributed by atoms with Gasteiger partial charge < -0.3 is 9.47 Å². The van der Waals surface area contributed by atoms with Crippen LogP contribution in [0.1, 0.15) is 42.0 Å². The summed E-state index contributed by atoms with van der Waals surface area (Å²) >= 11 is 6.51. The van der Waals surface area contributed by atoms with Gasteiger partial charge in [0.1, 0.15) is 19.0 Å². The molecule has 4 rings (SSSR count). The second-order valence-corrected chi connectivity index (χ2v) is 8.76. The SMILES string of the molecule is CC(C)c1cc(OCc2ccccc2)c(OCc2ccccc2)c(-c2ccc(F)cc2)c1CCl. The van der Waals surface area contributed by atoms with E-state index in [1.165, 1.54) is 12.1 Å². The van der Waals surface area contributed by atoms with Crippen LogP contribution in [0.4, 0.5) is 4.39 Å². The molecule has 0 amide bonds. The van der Waals surface area contributed by atoms with Crippen LogP contribution in [0.5, 0.6) is 11.5 Å². The van der Waals surface area contributed by atoms with Crippen molar-refractivity contribution in [1.29, 1.82) is 0 Å². The van der Waals surface area contributed by atoms with Gasteiger partial charge in [0.2, 0.25) is 0 Å². The van der Waals surface area contributed by atoms with Gasteiger partial charge in [0.05, 0.1) is 0 Å². The molecule has 0 spiro atoms. The van der Waals surface area contributed by atoms with Crippen molar-refractivity contribution in [2.75, 3.05) is 0 Å². The summed E-state index contributed by atoms with van der Waals surface area (Å²) in [6.07, 6.45) is 0. The maximum absolute atomic E-state index is 13.8. The van der Waals surface area contributed by atoms with Crippen molar-refractivity contribution in [3.8, 4) is 22.6 Å². The minimum absolute atomic E-state index is 0.218. The van der Waals surface area contributed by atoms with Gasteiger partial charge in [-0.1, -0.05) is 86.6 Å². The molecule has 4 heteroatoms. The van der Waals surface area contributed by atoms with E-state index in [9.17, 15) is 4.39 Å². The number of rotatable bonds is 9. The molecule has 0 aromatic heterocycles. The maximum atomic E-state index is 13.8. The summed E-state index contributed by atoms with van der Waals surface area (Å²) in [6.45, 7) is 5.04. The van der Waals surface area contributed by atoms with Crippen LogP contribution < -0.4 is 9.47 Å². The van der Waals surface area contributed by atoms with E-state index >= 15 is 0 Å². The number of alkyl halides is 1. The average molecular weight is 475 g/mol. The van der Waals surface area contributed by atoms with Crippen LogP contribution >= 0.6 is 11.6 Å². The lowest BCUT2D eigenvalue weighted by atomic mass is 9.89. The monoisotopic (exact) mass is 474 g/mol. The summed E-state index contributed by atoms with van der Waals surface area (Å²) in [6, 6.07) is 28.5. The number of ether oxygens (including phenoxy) is 2. The van der Waals surface area contributed by atoms with Crippen LogP contribution in [-0.2, 0) is 19.1 Å². The third kappa shape index (κ3) is 5.60. The van der Waals surface area contributed by atoms with E-state index in [0.29, 0.717) is 30.6 Å². The van der Waals surface area contributed by atoms with E-state index in [1.54, 1.807) is 12.1 Å². The molecule has 0 unspecified atom stereocenters. The quantitative estimate of drug-likeness (QED) is 0.226. The first-order valence-electron chi connectivity index (χ1n) is 11.4. The van der Waals surface area contributed by atoms with Gasteiger partial charge in [-0.05, 0) is 51.9 Å². The summed E-state index contributed by atoms with van der Waals surface area (Å²) in [4.78, 5) is 0. The topological polar surface area (TPSA) is 18.5 Å². The van der Waals surface area contributed by atoms with Gasteiger partial charge in [-0.3, -0.25) is 0 Å². The highest BCUT2D eigenvalue weighted by atomic mass is 35.5. The number of benzene rings is 4. The summed E-state index contributed by atoms with van der Waals surface area (Å²) < 4.78 is 26.5. The van der Waals surface area contributed by atoms with Crippen molar-refractivity contribution in [3.05, 3.63) is 119 Å². The lowest BCUT2D eigenvalue weighted by molar-refractivity contribution is 0.256. The van der Waals surface area contributed by atoms with Gasteiger partial charge in [0, 0.05) is 11.4 Å². The molecular weight excluding hydrogens is 447 g/mol. The zero-order valence-corrected chi connectivity index (χ0v) is 20.2. The molecule has 0 aliphatic heterocycles. The third-order valence-corrected chi connectivity index (χ3v) is 6.01. The van der Waals surface area contributed by atoms with Crippen LogP contribution in [0.25, 0.3) is 11.1 Å². The molecule has 34 heavy (non-hydrogen) atoms. The fourth-order valence-electron chi connectivity index (χ4n) is 4.00. The van der Waals surface area contributed by atoms with E-state index in [-0.39, 0.29) is 11.7 Å². The lowest BCUT2D eigenvalue weighted by Crippen LogP contribution is -2.07. The van der Waals surface area contributed by atoms with E-state index in [1.807, 2.05) is 66.7 Å². The van der Waals surface area contributed by atoms with Crippen molar-refractivity contribution in [1.82, 2.24) is 0 Å². The Hall–Kier alpha value is -3.30. The number of halogens is 2. The minimum Gasteiger partial charge on any atom is -0.485 e. The second-order valence-electron chi connectivity index (χ2n) is 8.49. The molecule has 2 nitrogen and oxygen atoms in total. The molecule has 0 radical (unpaired) electrons. The van der Waals surface area contributed by atoms with Crippen LogP contribution in [0.2, 0.25) is 0 Å². The van der Waals surface area contributed by atoms with Crippen molar-refractivity contribution >= 4 is 11.6 Å². The van der Waals surface area contributed by atoms with E-state index in [0.717, 1.165) is 33.4 Å². The molecule has 0 aliphatic carbocycles. The average Bonchev–Trinajstić information content (AvgIpc) is 2.87. The fraction of sp³-hybridized carbons (Fsp3) is 0.200. The van der Waals surface area contributed by atoms with E-state index < -0.39 is 0 Å². The molecule has 0 saturated carbocycles. The van der Waals surface area contributed by atoms with Crippen molar-refractivity contribution in [2.24, 2.45) is 0 Å². The molecule has 0 fully saturated rings. The molecule has 4 aromatic carbocycles.